The van der Waals surface area contributed by atoms with E-state index in [0.717, 1.165) is 43.9 Å². The zero-order valence-electron chi connectivity index (χ0n) is 17.6. The van der Waals surface area contributed by atoms with Crippen molar-refractivity contribution in [2.24, 2.45) is 5.92 Å². The quantitative estimate of drug-likeness (QED) is 0.608. The third-order valence-corrected chi connectivity index (χ3v) is 6.56. The smallest absolute Gasteiger partial charge is 0.251 e. The van der Waals surface area contributed by atoms with Crippen LogP contribution in [0.4, 0.5) is 0 Å². The van der Waals surface area contributed by atoms with Crippen molar-refractivity contribution in [2.75, 3.05) is 26.7 Å². The van der Waals surface area contributed by atoms with E-state index in [1.807, 2.05) is 35.1 Å². The van der Waals surface area contributed by atoms with Gasteiger partial charge in [-0.25, -0.2) is 0 Å². The van der Waals surface area contributed by atoms with E-state index in [1.54, 1.807) is 41.3 Å². The number of fused-ring (bicyclic) bond motifs is 4. The Bertz CT molecular complexity index is 1090. The number of likely N-dealkylation sites (N-methyl/N-ethyl adjacent to an activating group) is 1. The first-order valence-corrected chi connectivity index (χ1v) is 10.8. The second kappa shape index (κ2) is 8.19. The van der Waals surface area contributed by atoms with E-state index in [0.29, 0.717) is 6.54 Å². The molecule has 0 radical (unpaired) electrons. The molecule has 3 atom stereocenters. The van der Waals surface area contributed by atoms with Crippen LogP contribution in [0.15, 0.2) is 64.5 Å². The molecular formula is C23H27N5O3. The molecule has 2 aliphatic rings. The molecule has 0 N–H and O–H groups in total. The molecule has 3 aromatic rings. The number of hydrogen-bond donors (Lipinski definition) is 0. The third-order valence-electron chi connectivity index (χ3n) is 6.56. The van der Waals surface area contributed by atoms with Gasteiger partial charge < -0.3 is 14.2 Å². The second-order valence-electron chi connectivity index (χ2n) is 8.65. The Hall–Kier alpha value is -3.13. The van der Waals surface area contributed by atoms with Crippen molar-refractivity contribution in [1.29, 1.82) is 0 Å². The molecule has 0 saturated carbocycles. The molecule has 0 aromatic carbocycles. The van der Waals surface area contributed by atoms with E-state index < -0.39 is 6.04 Å². The van der Waals surface area contributed by atoms with Gasteiger partial charge >= 0.3 is 0 Å². The molecule has 2 aliphatic heterocycles. The van der Waals surface area contributed by atoms with Gasteiger partial charge in [-0.05, 0) is 24.6 Å². The summed E-state index contributed by atoms with van der Waals surface area (Å²) < 4.78 is 8.84. The Morgan fingerprint density at radius 2 is 2.13 bits per heavy atom. The first kappa shape index (κ1) is 19.8. The largest absolute Gasteiger partial charge is 0.472 e. The molecule has 1 amide bonds. The lowest BCUT2D eigenvalue weighted by molar-refractivity contribution is -0.137. The van der Waals surface area contributed by atoms with Crippen molar-refractivity contribution < 1.29 is 9.21 Å². The maximum atomic E-state index is 13.6. The lowest BCUT2D eigenvalue weighted by Gasteiger charge is -2.47. The summed E-state index contributed by atoms with van der Waals surface area (Å²) in [7, 11) is 1.80. The highest BCUT2D eigenvalue weighted by Crippen LogP contribution is 2.41. The van der Waals surface area contributed by atoms with Crippen molar-refractivity contribution >= 4 is 5.91 Å². The minimum atomic E-state index is -0.482. The summed E-state index contributed by atoms with van der Waals surface area (Å²) in [6.07, 6.45) is 7.95. The van der Waals surface area contributed by atoms with Crippen LogP contribution in [-0.4, -0.2) is 56.7 Å². The van der Waals surface area contributed by atoms with E-state index in [4.69, 9.17) is 4.42 Å². The van der Waals surface area contributed by atoms with E-state index in [2.05, 4.69) is 10.00 Å². The Labute approximate surface area is 180 Å². The second-order valence-corrected chi connectivity index (χ2v) is 8.65. The molecule has 5 rings (SSSR count). The predicted octanol–water partition coefficient (Wildman–Crippen LogP) is 1.96. The van der Waals surface area contributed by atoms with Crippen LogP contribution in [0.5, 0.6) is 0 Å². The highest BCUT2D eigenvalue weighted by molar-refractivity contribution is 5.81. The maximum Gasteiger partial charge on any atom is 0.251 e. The summed E-state index contributed by atoms with van der Waals surface area (Å²) in [6, 6.07) is 8.70. The topological polar surface area (TPSA) is 76.5 Å². The number of piperidine rings is 1. The number of pyridine rings is 1. The lowest BCUT2D eigenvalue weighted by Crippen LogP contribution is -2.53. The van der Waals surface area contributed by atoms with E-state index in [-0.39, 0.29) is 23.3 Å². The van der Waals surface area contributed by atoms with E-state index in [1.165, 1.54) is 0 Å². The molecule has 5 heterocycles. The zero-order valence-corrected chi connectivity index (χ0v) is 17.6. The normalized spacial score (nSPS) is 22.8. The molecule has 162 valence electrons. The predicted molar refractivity (Wildman–Crippen MR) is 114 cm³/mol. The minimum Gasteiger partial charge on any atom is -0.472 e. The van der Waals surface area contributed by atoms with Gasteiger partial charge in [-0.2, -0.15) is 5.10 Å². The minimum absolute atomic E-state index is 0.0203. The van der Waals surface area contributed by atoms with Crippen LogP contribution in [-0.2, 0) is 17.9 Å². The molecule has 0 spiro atoms. The average Bonchev–Trinajstić information content (AvgIpc) is 3.47. The number of likely N-dealkylation sites (tertiary alicyclic amines) is 1. The van der Waals surface area contributed by atoms with Crippen molar-refractivity contribution in [3.05, 3.63) is 76.9 Å². The molecular weight excluding hydrogens is 394 g/mol. The summed E-state index contributed by atoms with van der Waals surface area (Å²) in [6.45, 7) is 3.84. The van der Waals surface area contributed by atoms with Crippen molar-refractivity contribution in [2.45, 2.75) is 31.5 Å². The number of amides is 1. The van der Waals surface area contributed by atoms with E-state index >= 15 is 0 Å². The Morgan fingerprint density at radius 3 is 2.90 bits per heavy atom. The molecule has 1 saturated heterocycles. The SMILES string of the molecule is CN(Cc1ccoc1)C(=O)[C@H]1[C@H]2C[C@H](CN(CCn3cccn3)C2)c2cccc(=O)n21. The Kier molecular flexibility index (Phi) is 5.23. The summed E-state index contributed by atoms with van der Waals surface area (Å²) in [5, 5.41) is 4.30. The first-order chi connectivity index (χ1) is 15.1. The van der Waals surface area contributed by atoms with E-state index in [9.17, 15) is 9.59 Å². The fourth-order valence-corrected chi connectivity index (χ4v) is 5.16. The highest BCUT2D eigenvalue weighted by atomic mass is 16.3. The van der Waals surface area contributed by atoms with Crippen LogP contribution >= 0.6 is 0 Å². The van der Waals surface area contributed by atoms with Crippen LogP contribution in [0.25, 0.3) is 0 Å². The summed E-state index contributed by atoms with van der Waals surface area (Å²) >= 11 is 0. The molecule has 8 nitrogen and oxygen atoms in total. The van der Waals surface area contributed by atoms with Gasteiger partial charge in [0.25, 0.3) is 5.56 Å². The maximum absolute atomic E-state index is 13.6. The molecule has 0 unspecified atom stereocenters. The number of furan rings is 1. The standard InChI is InChI=1S/C23H27N5O3/c1-25(13-17-6-11-31-16-17)23(30)22-19-12-18(20-4-2-5-21(29)28(20)22)14-26(15-19)9-10-27-8-3-7-24-27/h2-8,11,16,18-19,22H,9-10,12-15H2,1H3/t18-,19+,22-/m1/s1. The zero-order chi connectivity index (χ0) is 21.4. The van der Waals surface area contributed by atoms with Gasteiger partial charge in [-0.3, -0.25) is 18.8 Å². The van der Waals surface area contributed by atoms with Gasteiger partial charge in [-0.1, -0.05) is 6.07 Å². The Morgan fingerprint density at radius 1 is 1.23 bits per heavy atom. The van der Waals surface area contributed by atoms with Crippen molar-refractivity contribution in [1.82, 2.24) is 24.1 Å². The molecule has 8 heteroatoms. The highest BCUT2D eigenvalue weighted by Gasteiger charge is 2.44. The van der Waals surface area contributed by atoms with Gasteiger partial charge in [0.05, 0.1) is 19.1 Å². The monoisotopic (exact) mass is 421 g/mol. The van der Waals surface area contributed by atoms with Crippen molar-refractivity contribution in [3.63, 3.8) is 0 Å². The third kappa shape index (κ3) is 3.83. The van der Waals surface area contributed by atoms with Crippen LogP contribution in [0.1, 0.15) is 29.6 Å². The van der Waals surface area contributed by atoms with Gasteiger partial charge in [0.1, 0.15) is 6.04 Å². The van der Waals surface area contributed by atoms with Crippen molar-refractivity contribution in [3.8, 4) is 0 Å². The fraction of sp³-hybridized carbons (Fsp3) is 0.435. The fourth-order valence-electron chi connectivity index (χ4n) is 5.16. The van der Waals surface area contributed by atoms with Crippen LogP contribution in [0.3, 0.4) is 0 Å². The molecule has 0 aliphatic carbocycles. The summed E-state index contributed by atoms with van der Waals surface area (Å²) in [5.41, 5.74) is 1.82. The number of hydrogen-bond acceptors (Lipinski definition) is 5. The molecule has 31 heavy (non-hydrogen) atoms. The van der Waals surface area contributed by atoms with Crippen LogP contribution in [0.2, 0.25) is 0 Å². The number of aromatic nitrogens is 3. The number of rotatable bonds is 6. The van der Waals surface area contributed by atoms with Gasteiger partial charge in [0, 0.05) is 74.8 Å². The number of nitrogens with zero attached hydrogens (tertiary/aromatic N) is 5. The first-order valence-electron chi connectivity index (χ1n) is 10.8. The van der Waals surface area contributed by atoms with Gasteiger partial charge in [0.2, 0.25) is 5.91 Å². The van der Waals surface area contributed by atoms with Crippen LogP contribution < -0.4 is 5.56 Å². The Balaban J connectivity index is 1.42. The lowest BCUT2D eigenvalue weighted by atomic mass is 9.78. The average molecular weight is 422 g/mol. The van der Waals surface area contributed by atoms with Gasteiger partial charge in [-0.15, -0.1) is 0 Å². The number of carbonyl (C=O) groups is 1. The molecule has 1 fully saturated rings. The molecule has 2 bridgehead atoms. The molecule has 3 aromatic heterocycles. The summed E-state index contributed by atoms with van der Waals surface area (Å²) in [4.78, 5) is 30.6. The van der Waals surface area contributed by atoms with Crippen LogP contribution in [0, 0.1) is 5.92 Å². The summed E-state index contributed by atoms with van der Waals surface area (Å²) in [5.74, 6) is 0.338. The number of carbonyl (C=O) groups excluding carboxylic acids is 1. The van der Waals surface area contributed by atoms with Gasteiger partial charge in [0.15, 0.2) is 0 Å².